The summed E-state index contributed by atoms with van der Waals surface area (Å²) in [7, 11) is 5.09. The minimum Gasteiger partial charge on any atom is -0.465 e. The van der Waals surface area contributed by atoms with Crippen molar-refractivity contribution in [2.24, 2.45) is 29.5 Å². The van der Waals surface area contributed by atoms with Gasteiger partial charge in [-0.1, -0.05) is 5.10 Å². The summed E-state index contributed by atoms with van der Waals surface area (Å²) in [6.07, 6.45) is 3.75. The number of aromatic nitrogens is 2. The van der Waals surface area contributed by atoms with E-state index in [0.29, 0.717) is 16.9 Å². The van der Waals surface area contributed by atoms with Crippen molar-refractivity contribution in [3.05, 3.63) is 47.8 Å². The number of imidazole rings is 1. The van der Waals surface area contributed by atoms with Crippen LogP contribution in [0.1, 0.15) is 10.4 Å². The molecule has 20 heavy (non-hydrogen) atoms. The number of benzene rings is 1. The van der Waals surface area contributed by atoms with E-state index in [4.69, 9.17) is 0 Å². The molecule has 1 heterocycles. The van der Waals surface area contributed by atoms with Crippen molar-refractivity contribution >= 4 is 11.7 Å². The fraction of sp³-hybridized carbons (Fsp3) is 0.231. The van der Waals surface area contributed by atoms with Gasteiger partial charge >= 0.3 is 5.97 Å². The van der Waals surface area contributed by atoms with Gasteiger partial charge in [0.25, 0.3) is 0 Å². The lowest BCUT2D eigenvalue weighted by Crippen LogP contribution is -2.20. The van der Waals surface area contributed by atoms with Crippen LogP contribution < -0.4 is 5.62 Å². The summed E-state index contributed by atoms with van der Waals surface area (Å²) >= 11 is 0. The number of methoxy groups -OCH3 is 1. The van der Waals surface area contributed by atoms with Gasteiger partial charge in [0.2, 0.25) is 5.62 Å². The summed E-state index contributed by atoms with van der Waals surface area (Å²) in [5.41, 5.74) is 1.76. The Hall–Kier alpha value is -2.70. The molecule has 0 aliphatic carbocycles. The van der Waals surface area contributed by atoms with Crippen LogP contribution in [0.15, 0.2) is 52.1 Å². The Morgan fingerprint density at radius 1 is 1.10 bits per heavy atom. The highest BCUT2D eigenvalue weighted by Gasteiger charge is 2.03. The van der Waals surface area contributed by atoms with Crippen molar-refractivity contribution in [3.63, 3.8) is 0 Å². The number of carbonyl (C=O) groups excluding carboxylic acids is 1. The number of hydrogen-bond donors (Lipinski definition) is 0. The number of aryl methyl sites for hydroxylation is 2. The van der Waals surface area contributed by atoms with Crippen LogP contribution in [0.3, 0.4) is 0 Å². The molecule has 0 aliphatic rings. The maximum absolute atomic E-state index is 11.3. The van der Waals surface area contributed by atoms with Gasteiger partial charge in [-0.05, 0) is 29.5 Å². The molecular weight excluding hydrogens is 258 g/mol. The van der Waals surface area contributed by atoms with Crippen molar-refractivity contribution in [2.45, 2.75) is 0 Å². The molecule has 7 heteroatoms. The first-order chi connectivity index (χ1) is 9.61. The fourth-order valence-corrected chi connectivity index (χ4v) is 1.62. The lowest BCUT2D eigenvalue weighted by atomic mass is 10.2. The number of ether oxygens (including phenoxy) is 1. The van der Waals surface area contributed by atoms with Crippen LogP contribution in [0.5, 0.6) is 0 Å². The molecule has 0 N–H and O–H groups in total. The average molecular weight is 273 g/mol. The van der Waals surface area contributed by atoms with Gasteiger partial charge in [-0.2, -0.15) is 0 Å². The molecule has 0 spiro atoms. The van der Waals surface area contributed by atoms with Gasteiger partial charge in [-0.25, -0.2) is 4.79 Å². The molecule has 0 radical (unpaired) electrons. The highest BCUT2D eigenvalue weighted by atomic mass is 16.5. The topological polar surface area (TPSA) is 73.2 Å². The molecule has 0 saturated heterocycles. The quantitative estimate of drug-likeness (QED) is 0.485. The van der Waals surface area contributed by atoms with Gasteiger partial charge in [0.15, 0.2) is 0 Å². The normalized spacial score (nSPS) is 10.8. The SMILES string of the molecule is COC(=O)c1ccc(N=NN=c2n(C)ccn2C)cc1. The molecule has 2 aromatic rings. The van der Waals surface area contributed by atoms with Crippen LogP contribution in [0.4, 0.5) is 5.69 Å². The lowest BCUT2D eigenvalue weighted by molar-refractivity contribution is 0.0601. The lowest BCUT2D eigenvalue weighted by Gasteiger charge is -1.98. The van der Waals surface area contributed by atoms with Gasteiger partial charge in [-0.15, -0.1) is 5.11 Å². The largest absolute Gasteiger partial charge is 0.465 e. The van der Waals surface area contributed by atoms with Crippen LogP contribution in [-0.2, 0) is 18.8 Å². The van der Waals surface area contributed by atoms with Crippen LogP contribution >= 0.6 is 0 Å². The Balaban J connectivity index is 2.17. The first kappa shape index (κ1) is 13.7. The zero-order valence-corrected chi connectivity index (χ0v) is 11.5. The molecule has 104 valence electrons. The van der Waals surface area contributed by atoms with Crippen molar-refractivity contribution in [3.8, 4) is 0 Å². The van der Waals surface area contributed by atoms with Gasteiger partial charge in [-0.3, -0.25) is 0 Å². The second kappa shape index (κ2) is 5.96. The standard InChI is InChI=1S/C13H15N5O2/c1-17-8-9-18(2)13(17)15-16-14-11-6-4-10(5-7-11)12(19)20-3/h4-9H,1-3H3. The van der Waals surface area contributed by atoms with Crippen LogP contribution in [0, 0.1) is 0 Å². The van der Waals surface area contributed by atoms with E-state index in [-0.39, 0.29) is 5.97 Å². The van der Waals surface area contributed by atoms with E-state index in [1.54, 1.807) is 24.3 Å². The van der Waals surface area contributed by atoms with Crippen LogP contribution in [0.2, 0.25) is 0 Å². The smallest absolute Gasteiger partial charge is 0.337 e. The molecule has 0 unspecified atom stereocenters. The monoisotopic (exact) mass is 273 g/mol. The van der Waals surface area contributed by atoms with E-state index in [1.807, 2.05) is 35.6 Å². The summed E-state index contributed by atoms with van der Waals surface area (Å²) in [6, 6.07) is 6.61. The van der Waals surface area contributed by atoms with E-state index in [2.05, 4.69) is 20.2 Å². The third-order valence-corrected chi connectivity index (χ3v) is 2.73. The Bertz CT molecular complexity index is 672. The summed E-state index contributed by atoms with van der Waals surface area (Å²) in [4.78, 5) is 11.3. The molecule has 1 aromatic carbocycles. The van der Waals surface area contributed by atoms with E-state index < -0.39 is 0 Å². The number of hydrogen-bond acceptors (Lipinski definition) is 4. The molecule has 0 aliphatic heterocycles. The highest BCUT2D eigenvalue weighted by molar-refractivity contribution is 5.89. The number of esters is 1. The highest BCUT2D eigenvalue weighted by Crippen LogP contribution is 2.13. The van der Waals surface area contributed by atoms with E-state index in [9.17, 15) is 4.79 Å². The van der Waals surface area contributed by atoms with Crippen molar-refractivity contribution < 1.29 is 9.53 Å². The Morgan fingerprint density at radius 3 is 2.25 bits per heavy atom. The maximum atomic E-state index is 11.3. The Labute approximate surface area is 115 Å². The van der Waals surface area contributed by atoms with Crippen molar-refractivity contribution in [1.29, 1.82) is 0 Å². The second-order valence-corrected chi connectivity index (χ2v) is 4.15. The van der Waals surface area contributed by atoms with E-state index in [0.717, 1.165) is 0 Å². The Morgan fingerprint density at radius 2 is 1.70 bits per heavy atom. The second-order valence-electron chi connectivity index (χ2n) is 4.15. The van der Waals surface area contributed by atoms with Crippen molar-refractivity contribution in [1.82, 2.24) is 9.13 Å². The third kappa shape index (κ3) is 3.00. The van der Waals surface area contributed by atoms with Crippen LogP contribution in [-0.4, -0.2) is 22.2 Å². The van der Waals surface area contributed by atoms with Gasteiger partial charge in [0, 0.05) is 26.5 Å². The molecule has 0 bridgehead atoms. The van der Waals surface area contributed by atoms with Gasteiger partial charge < -0.3 is 13.9 Å². The van der Waals surface area contributed by atoms with E-state index in [1.165, 1.54) is 7.11 Å². The molecular formula is C13H15N5O2. The van der Waals surface area contributed by atoms with Crippen molar-refractivity contribution in [2.75, 3.05) is 7.11 Å². The fourth-order valence-electron chi connectivity index (χ4n) is 1.62. The number of rotatable bonds is 3. The molecule has 1 aromatic heterocycles. The predicted octanol–water partition coefficient (Wildman–Crippen LogP) is 1.75. The summed E-state index contributed by atoms with van der Waals surface area (Å²) < 4.78 is 8.28. The predicted molar refractivity (Wildman–Crippen MR) is 72.2 cm³/mol. The molecule has 0 atom stereocenters. The maximum Gasteiger partial charge on any atom is 0.337 e. The van der Waals surface area contributed by atoms with E-state index >= 15 is 0 Å². The first-order valence-electron chi connectivity index (χ1n) is 5.93. The summed E-state index contributed by atoms with van der Waals surface area (Å²) in [5, 5.41) is 11.8. The zero-order chi connectivity index (χ0) is 14.5. The third-order valence-electron chi connectivity index (χ3n) is 2.73. The number of carbonyl (C=O) groups is 1. The van der Waals surface area contributed by atoms with Crippen LogP contribution in [0.25, 0.3) is 0 Å². The van der Waals surface area contributed by atoms with Gasteiger partial charge in [0.05, 0.1) is 18.4 Å². The van der Waals surface area contributed by atoms with Gasteiger partial charge in [0.1, 0.15) is 0 Å². The first-order valence-corrected chi connectivity index (χ1v) is 5.93. The molecule has 2 rings (SSSR count). The zero-order valence-electron chi connectivity index (χ0n) is 11.5. The number of nitrogens with zero attached hydrogens (tertiary/aromatic N) is 5. The molecule has 7 nitrogen and oxygen atoms in total. The summed E-state index contributed by atoms with van der Waals surface area (Å²) in [6.45, 7) is 0. The molecule has 0 amide bonds. The minimum atomic E-state index is -0.381. The average Bonchev–Trinajstić information content (AvgIpc) is 2.79. The Kier molecular flexibility index (Phi) is 4.09. The minimum absolute atomic E-state index is 0.381. The molecule has 0 fully saturated rings. The molecule has 0 saturated carbocycles. The summed E-state index contributed by atoms with van der Waals surface area (Å²) in [5.74, 6) is -0.381.